The van der Waals surface area contributed by atoms with Gasteiger partial charge in [0, 0.05) is 30.8 Å². The number of carbonyl (C=O) groups is 5. The quantitative estimate of drug-likeness (QED) is 0.0556. The van der Waals surface area contributed by atoms with Crippen molar-refractivity contribution in [2.24, 2.45) is 17.6 Å². The molecule has 0 bridgehead atoms. The molecule has 0 heterocycles. The smallest absolute Gasteiger partial charge is 0.429 e. The fraction of sp³-hybridized carbons (Fsp3) is 0.452. The molecule has 0 aliphatic rings. The number of nitrogens with two attached hydrogens (primary N) is 1. The maximum Gasteiger partial charge on any atom is 0.514 e. The molecule has 15 heteroatoms. The number of nitro benzene ring substituents is 1. The number of benzene rings is 2. The lowest BCUT2D eigenvalue weighted by atomic mass is 10.0. The van der Waals surface area contributed by atoms with Gasteiger partial charge in [-0.05, 0) is 60.9 Å². The van der Waals surface area contributed by atoms with Gasteiger partial charge < -0.3 is 36.5 Å². The molecule has 15 nitrogen and oxygen atoms in total. The molecular formula is C31H42N6O9. The molecule has 0 aromatic heterocycles. The highest BCUT2D eigenvalue weighted by molar-refractivity contribution is 5.98. The third kappa shape index (κ3) is 13.6. The van der Waals surface area contributed by atoms with Crippen LogP contribution < -0.4 is 31.7 Å². The Morgan fingerprint density at radius 2 is 1.54 bits per heavy atom. The number of primary amides is 1. The van der Waals surface area contributed by atoms with Crippen LogP contribution in [0.2, 0.25) is 0 Å². The van der Waals surface area contributed by atoms with Crippen LogP contribution in [0.5, 0.6) is 5.75 Å². The van der Waals surface area contributed by atoms with Crippen LogP contribution in [0.1, 0.15) is 58.9 Å². The largest absolute Gasteiger partial charge is 0.514 e. The molecular weight excluding hydrogens is 600 g/mol. The highest BCUT2D eigenvalue weighted by Gasteiger charge is 2.29. The fourth-order valence-electron chi connectivity index (χ4n) is 4.07. The number of anilines is 1. The predicted octanol–water partition coefficient (Wildman–Crippen LogP) is 3.76. The molecule has 0 unspecified atom stereocenters. The molecule has 2 rings (SSSR count). The summed E-state index contributed by atoms with van der Waals surface area (Å²) >= 11 is 0. The number of non-ortho nitro benzene ring substituents is 1. The fourth-order valence-corrected chi connectivity index (χ4v) is 4.07. The van der Waals surface area contributed by atoms with Gasteiger partial charge in [-0.1, -0.05) is 39.8 Å². The second kappa shape index (κ2) is 18.6. The lowest BCUT2D eigenvalue weighted by Gasteiger charge is -2.25. The maximum absolute atomic E-state index is 13.3. The first-order valence-corrected chi connectivity index (χ1v) is 14.9. The average Bonchev–Trinajstić information content (AvgIpc) is 2.99. The topological polar surface area (TPSA) is 221 Å². The molecule has 2 aromatic rings. The summed E-state index contributed by atoms with van der Waals surface area (Å²) in [5, 5.41) is 21.4. The number of rotatable bonds is 17. The maximum atomic E-state index is 13.3. The van der Waals surface area contributed by atoms with E-state index in [2.05, 4.69) is 21.3 Å². The number of ether oxygens (including phenoxy) is 2. The summed E-state index contributed by atoms with van der Waals surface area (Å²) in [4.78, 5) is 72.2. The normalized spacial score (nSPS) is 12.0. The van der Waals surface area contributed by atoms with Crippen LogP contribution in [0, 0.1) is 22.0 Å². The van der Waals surface area contributed by atoms with Crippen molar-refractivity contribution in [1.82, 2.24) is 16.0 Å². The van der Waals surface area contributed by atoms with Gasteiger partial charge in [-0.25, -0.2) is 9.59 Å². The minimum atomic E-state index is -1.01. The highest BCUT2D eigenvalue weighted by Crippen LogP contribution is 2.18. The molecule has 2 aromatic carbocycles. The molecule has 0 saturated carbocycles. The van der Waals surface area contributed by atoms with Gasteiger partial charge in [-0.15, -0.1) is 0 Å². The molecule has 0 aliphatic carbocycles. The van der Waals surface area contributed by atoms with Crippen molar-refractivity contribution in [1.29, 1.82) is 0 Å². The van der Waals surface area contributed by atoms with E-state index in [0.29, 0.717) is 30.0 Å². The van der Waals surface area contributed by atoms with E-state index in [1.54, 1.807) is 38.1 Å². The Balaban J connectivity index is 2.00. The lowest BCUT2D eigenvalue weighted by Crippen LogP contribution is -2.54. The molecule has 0 radical (unpaired) electrons. The zero-order valence-corrected chi connectivity index (χ0v) is 26.4. The number of nitrogens with one attached hydrogen (secondary N) is 4. The number of amides is 5. The van der Waals surface area contributed by atoms with Crippen molar-refractivity contribution in [2.45, 2.75) is 72.1 Å². The second-order valence-corrected chi connectivity index (χ2v) is 11.3. The van der Waals surface area contributed by atoms with Gasteiger partial charge in [0.2, 0.25) is 17.7 Å². The molecule has 5 amide bonds. The van der Waals surface area contributed by atoms with Crippen LogP contribution in [0.15, 0.2) is 48.5 Å². The standard InChI is InChI=1S/C31H42N6O9/c1-19(2)7-16-26(38)36-27(20(3)4)29(40)35-25(6-5-17-33-30(32)41)28(39)34-22-10-8-21(9-11-22)18-45-31(42)46-24-14-12-23(13-15-24)37(43)44/h8-15,19-20,25,27H,5-7,16-18H2,1-4H3,(H,34,39)(H,35,40)(H,36,38)(H3,32,33,41)/t25-,27-/m0/s1. The van der Waals surface area contributed by atoms with Crippen LogP contribution in [0.25, 0.3) is 0 Å². The van der Waals surface area contributed by atoms with E-state index in [9.17, 15) is 34.1 Å². The molecule has 0 aliphatic heterocycles. The van der Waals surface area contributed by atoms with E-state index in [1.165, 1.54) is 24.3 Å². The zero-order chi connectivity index (χ0) is 34.2. The van der Waals surface area contributed by atoms with Crippen molar-refractivity contribution in [3.05, 3.63) is 64.2 Å². The summed E-state index contributed by atoms with van der Waals surface area (Å²) in [5.41, 5.74) is 5.95. The summed E-state index contributed by atoms with van der Waals surface area (Å²) in [6.45, 7) is 7.63. The summed E-state index contributed by atoms with van der Waals surface area (Å²) in [6.07, 6.45) is 0.450. The van der Waals surface area contributed by atoms with Crippen molar-refractivity contribution >= 4 is 41.3 Å². The first-order chi connectivity index (χ1) is 21.7. The summed E-state index contributed by atoms with van der Waals surface area (Å²) in [6, 6.07) is 8.76. The molecule has 6 N–H and O–H groups in total. The number of urea groups is 1. The molecule has 46 heavy (non-hydrogen) atoms. The van der Waals surface area contributed by atoms with Crippen LogP contribution in [-0.2, 0) is 25.7 Å². The van der Waals surface area contributed by atoms with Gasteiger partial charge in [-0.2, -0.15) is 0 Å². The predicted molar refractivity (Wildman–Crippen MR) is 169 cm³/mol. The van der Waals surface area contributed by atoms with E-state index in [1.807, 2.05) is 13.8 Å². The number of hydrogen-bond acceptors (Lipinski definition) is 9. The summed E-state index contributed by atoms with van der Waals surface area (Å²) in [5.74, 6) is -1.12. The van der Waals surface area contributed by atoms with Crippen molar-refractivity contribution in [3.8, 4) is 5.75 Å². The first-order valence-electron chi connectivity index (χ1n) is 14.9. The number of hydrogen-bond donors (Lipinski definition) is 5. The van der Waals surface area contributed by atoms with Crippen LogP contribution in [0.3, 0.4) is 0 Å². The minimum absolute atomic E-state index is 0.0777. The van der Waals surface area contributed by atoms with Crippen LogP contribution >= 0.6 is 0 Å². The Morgan fingerprint density at radius 1 is 0.891 bits per heavy atom. The van der Waals surface area contributed by atoms with Crippen molar-refractivity contribution in [2.75, 3.05) is 11.9 Å². The Morgan fingerprint density at radius 3 is 2.11 bits per heavy atom. The molecule has 0 spiro atoms. The Hall–Kier alpha value is -5.21. The highest BCUT2D eigenvalue weighted by atomic mass is 16.7. The van der Waals surface area contributed by atoms with Crippen molar-refractivity contribution in [3.63, 3.8) is 0 Å². The SMILES string of the molecule is CC(C)CCC(=O)N[C@H](C(=O)N[C@@H](CCCNC(N)=O)C(=O)Nc1ccc(COC(=O)Oc2ccc([N+](=O)[O-])cc2)cc1)C(C)C. The molecule has 0 fully saturated rings. The number of carbonyl (C=O) groups excluding carboxylic acids is 5. The number of nitro groups is 1. The first kappa shape index (κ1) is 37.0. The molecule has 2 atom stereocenters. The average molecular weight is 643 g/mol. The van der Waals surface area contributed by atoms with E-state index >= 15 is 0 Å². The monoisotopic (exact) mass is 642 g/mol. The molecule has 250 valence electrons. The van der Waals surface area contributed by atoms with Crippen LogP contribution in [-0.4, -0.2) is 53.5 Å². The lowest BCUT2D eigenvalue weighted by molar-refractivity contribution is -0.384. The van der Waals surface area contributed by atoms with Gasteiger partial charge in [-0.3, -0.25) is 24.5 Å². The van der Waals surface area contributed by atoms with E-state index in [4.69, 9.17) is 15.2 Å². The Bertz CT molecular complexity index is 1350. The third-order valence-corrected chi connectivity index (χ3v) is 6.64. The summed E-state index contributed by atoms with van der Waals surface area (Å²) in [7, 11) is 0. The second-order valence-electron chi connectivity index (χ2n) is 11.3. The van der Waals surface area contributed by atoms with Gasteiger partial charge in [0.05, 0.1) is 4.92 Å². The Kier molecular flexibility index (Phi) is 14.9. The van der Waals surface area contributed by atoms with Crippen LogP contribution in [0.4, 0.5) is 21.0 Å². The summed E-state index contributed by atoms with van der Waals surface area (Å²) < 4.78 is 10.1. The van der Waals surface area contributed by atoms with E-state index in [0.717, 1.165) is 0 Å². The third-order valence-electron chi connectivity index (χ3n) is 6.64. The van der Waals surface area contributed by atoms with E-state index in [-0.39, 0.29) is 49.3 Å². The number of nitrogens with zero attached hydrogens (tertiary/aromatic N) is 1. The Labute approximate surface area is 267 Å². The van der Waals surface area contributed by atoms with Gasteiger partial charge in [0.1, 0.15) is 24.4 Å². The van der Waals surface area contributed by atoms with Gasteiger partial charge >= 0.3 is 12.2 Å². The van der Waals surface area contributed by atoms with E-state index < -0.39 is 41.0 Å². The zero-order valence-electron chi connectivity index (χ0n) is 26.4. The van der Waals surface area contributed by atoms with Gasteiger partial charge in [0.25, 0.3) is 5.69 Å². The van der Waals surface area contributed by atoms with Crippen molar-refractivity contribution < 1.29 is 38.4 Å². The minimum Gasteiger partial charge on any atom is -0.429 e. The molecule has 0 saturated heterocycles. The van der Waals surface area contributed by atoms with Gasteiger partial charge in [0.15, 0.2) is 0 Å².